The molecule has 0 amide bonds. The molecule has 4 rings (SSSR count). The molecule has 6 heteroatoms. The highest BCUT2D eigenvalue weighted by molar-refractivity contribution is 5.99. The summed E-state index contributed by atoms with van der Waals surface area (Å²) in [4.78, 5) is 24.2. The van der Waals surface area contributed by atoms with Gasteiger partial charge in [0.2, 0.25) is 0 Å². The van der Waals surface area contributed by atoms with E-state index in [4.69, 9.17) is 5.73 Å². The van der Waals surface area contributed by atoms with E-state index in [2.05, 4.69) is 26.8 Å². The van der Waals surface area contributed by atoms with Gasteiger partial charge >= 0.3 is 5.97 Å². The van der Waals surface area contributed by atoms with E-state index in [9.17, 15) is 25.1 Å². The Labute approximate surface area is 191 Å². The second-order valence-corrected chi connectivity index (χ2v) is 11.9. The number of aliphatic carboxylic acids is 1. The molecule has 176 valence electrons. The summed E-state index contributed by atoms with van der Waals surface area (Å²) < 4.78 is 0. The van der Waals surface area contributed by atoms with E-state index >= 15 is 0 Å². The Balaban J connectivity index is 1.76. The maximum Gasteiger partial charge on any atom is 0.303 e. The van der Waals surface area contributed by atoms with Gasteiger partial charge in [-0.15, -0.1) is 0 Å². The van der Waals surface area contributed by atoms with E-state index in [1.54, 1.807) is 6.92 Å². The fourth-order valence-corrected chi connectivity index (χ4v) is 9.05. The highest BCUT2D eigenvalue weighted by Crippen LogP contribution is 2.73. The topological polar surface area (TPSA) is 124 Å². The summed E-state index contributed by atoms with van der Waals surface area (Å²) in [5, 5.41) is 31.4. The van der Waals surface area contributed by atoms with Gasteiger partial charge in [0.05, 0.1) is 17.6 Å². The number of carbonyl (C=O) groups excluding carboxylic acids is 1. The van der Waals surface area contributed by atoms with Crippen molar-refractivity contribution in [3.63, 3.8) is 0 Å². The van der Waals surface area contributed by atoms with Crippen molar-refractivity contribution in [1.82, 2.24) is 0 Å². The predicted octanol–water partition coefficient (Wildman–Crippen LogP) is 4.18. The maximum absolute atomic E-state index is 12.9. The first-order valence-electron chi connectivity index (χ1n) is 12.2. The van der Waals surface area contributed by atoms with Crippen molar-refractivity contribution in [2.75, 3.05) is 0 Å². The molecule has 0 saturated heterocycles. The van der Waals surface area contributed by atoms with Gasteiger partial charge in [-0.2, -0.15) is 5.26 Å². The van der Waals surface area contributed by atoms with Crippen molar-refractivity contribution in [2.45, 2.75) is 91.6 Å². The van der Waals surface area contributed by atoms with Crippen molar-refractivity contribution >= 4 is 11.8 Å². The third-order valence-corrected chi connectivity index (χ3v) is 10.8. The average molecular weight is 443 g/mol. The molecule has 4 aliphatic carbocycles. The van der Waals surface area contributed by atoms with Crippen molar-refractivity contribution in [2.24, 2.45) is 45.1 Å². The minimum atomic E-state index is -0.942. The number of hydrogen-bond acceptors (Lipinski definition) is 5. The summed E-state index contributed by atoms with van der Waals surface area (Å²) in [7, 11) is 0. The second-order valence-electron chi connectivity index (χ2n) is 11.9. The Morgan fingerprint density at radius 3 is 2.47 bits per heavy atom. The lowest BCUT2D eigenvalue weighted by atomic mass is 9.38. The summed E-state index contributed by atoms with van der Waals surface area (Å²) in [6, 6.07) is 2.56. The number of hydrogen-bond donors (Lipinski definition) is 3. The number of ketones is 1. The summed E-state index contributed by atoms with van der Waals surface area (Å²) in [6.45, 7) is 8.32. The molecule has 6 nitrogen and oxygen atoms in total. The first-order valence-corrected chi connectivity index (χ1v) is 12.2. The third-order valence-electron chi connectivity index (χ3n) is 10.8. The molecule has 5 unspecified atom stereocenters. The second kappa shape index (κ2) is 7.32. The standard InChI is InChI=1S/C26H38N2O4/c1-15(28)21-18(29)7-11-24(3)22-16(5-12-26(21,24)14-27)17-6-9-23(2,10-8-20(31)32)25(17,4)13-19(22)30/h16-17,19,22,30H,5-13,28H2,1-4H3,(H,31,32)/t16?,17?,19-,22?,23+,24-,25?,26?/m1/s1. The Hall–Kier alpha value is -1.87. The minimum Gasteiger partial charge on any atom is -0.481 e. The molecule has 0 bridgehead atoms. The van der Waals surface area contributed by atoms with Crippen LogP contribution in [0.2, 0.25) is 0 Å². The van der Waals surface area contributed by atoms with Crippen LogP contribution in [0.1, 0.15) is 85.5 Å². The molecule has 8 atom stereocenters. The number of nitrogens with two attached hydrogens (primary N) is 1. The average Bonchev–Trinajstić information content (AvgIpc) is 2.97. The lowest BCUT2D eigenvalue weighted by Gasteiger charge is -2.65. The van der Waals surface area contributed by atoms with E-state index < -0.39 is 22.9 Å². The number of Topliss-reactive ketones (excluding diaryl/α,β-unsaturated/α-hetero) is 1. The first-order chi connectivity index (χ1) is 14.9. The molecule has 0 aromatic carbocycles. The molecule has 4 aliphatic rings. The van der Waals surface area contributed by atoms with E-state index in [0.29, 0.717) is 49.3 Å². The molecular formula is C26H38N2O4. The third kappa shape index (κ3) is 2.79. The van der Waals surface area contributed by atoms with Crippen LogP contribution in [0, 0.1) is 50.7 Å². The number of nitriles is 1. The fourth-order valence-electron chi connectivity index (χ4n) is 9.05. The molecule has 4 N–H and O–H groups in total. The fraction of sp³-hybridized carbons (Fsp3) is 0.808. The zero-order chi connectivity index (χ0) is 23.7. The molecule has 0 aliphatic heterocycles. The minimum absolute atomic E-state index is 0.0141. The van der Waals surface area contributed by atoms with Crippen LogP contribution in [0.25, 0.3) is 0 Å². The lowest BCUT2D eigenvalue weighted by Crippen LogP contribution is -2.64. The number of nitrogens with zero attached hydrogens (tertiary/aromatic N) is 1. The number of aliphatic hydroxyl groups is 1. The van der Waals surface area contributed by atoms with Gasteiger partial charge in [-0.3, -0.25) is 9.59 Å². The van der Waals surface area contributed by atoms with Crippen LogP contribution in [0.5, 0.6) is 0 Å². The number of allylic oxidation sites excluding steroid dienone is 2. The molecular weight excluding hydrogens is 404 g/mol. The largest absolute Gasteiger partial charge is 0.481 e. The van der Waals surface area contributed by atoms with Gasteiger partial charge in [-0.05, 0) is 85.9 Å². The number of rotatable bonds is 3. The van der Waals surface area contributed by atoms with Crippen molar-refractivity contribution in [1.29, 1.82) is 5.26 Å². The monoisotopic (exact) mass is 442 g/mol. The highest BCUT2D eigenvalue weighted by Gasteiger charge is 2.70. The summed E-state index contributed by atoms with van der Waals surface area (Å²) in [5.74, 6) is -0.167. The summed E-state index contributed by atoms with van der Waals surface area (Å²) in [5.41, 5.74) is 5.43. The molecule has 0 aromatic heterocycles. The predicted molar refractivity (Wildman–Crippen MR) is 120 cm³/mol. The zero-order valence-corrected chi connectivity index (χ0v) is 19.9. The van der Waals surface area contributed by atoms with Gasteiger partial charge in [0.1, 0.15) is 0 Å². The number of fused-ring (bicyclic) bond motifs is 5. The first kappa shape index (κ1) is 23.3. The molecule has 32 heavy (non-hydrogen) atoms. The van der Waals surface area contributed by atoms with Gasteiger partial charge in [0.25, 0.3) is 0 Å². The Morgan fingerprint density at radius 2 is 1.88 bits per heavy atom. The van der Waals surface area contributed by atoms with Crippen molar-refractivity contribution in [3.05, 3.63) is 11.3 Å². The Kier molecular flexibility index (Phi) is 5.33. The van der Waals surface area contributed by atoms with E-state index in [0.717, 1.165) is 19.3 Å². The van der Waals surface area contributed by atoms with E-state index in [1.165, 1.54) is 0 Å². The molecule has 0 aromatic rings. The van der Waals surface area contributed by atoms with Crippen LogP contribution in [0.4, 0.5) is 0 Å². The molecule has 4 saturated carbocycles. The van der Waals surface area contributed by atoms with Gasteiger partial charge in [-0.25, -0.2) is 0 Å². The molecule has 0 radical (unpaired) electrons. The summed E-state index contributed by atoms with van der Waals surface area (Å²) >= 11 is 0. The van der Waals surface area contributed by atoms with Crippen LogP contribution in [0.3, 0.4) is 0 Å². The molecule has 4 fully saturated rings. The molecule has 0 heterocycles. The molecule has 0 spiro atoms. The number of aliphatic hydroxyl groups excluding tert-OH is 1. The quantitative estimate of drug-likeness (QED) is 0.563. The maximum atomic E-state index is 12.9. The number of carboxylic acid groups (broad SMARTS) is 1. The van der Waals surface area contributed by atoms with Crippen molar-refractivity contribution in [3.8, 4) is 6.07 Å². The van der Waals surface area contributed by atoms with Crippen LogP contribution in [-0.2, 0) is 9.59 Å². The number of carboxylic acids is 1. The summed E-state index contributed by atoms with van der Waals surface area (Å²) in [6.07, 6.45) is 5.22. The van der Waals surface area contributed by atoms with Gasteiger partial charge in [0.15, 0.2) is 5.78 Å². The van der Waals surface area contributed by atoms with Crippen LogP contribution in [0.15, 0.2) is 11.3 Å². The lowest BCUT2D eigenvalue weighted by molar-refractivity contribution is -0.186. The van der Waals surface area contributed by atoms with Crippen LogP contribution < -0.4 is 5.73 Å². The smallest absolute Gasteiger partial charge is 0.303 e. The van der Waals surface area contributed by atoms with E-state index in [-0.39, 0.29) is 34.9 Å². The Morgan fingerprint density at radius 1 is 1.19 bits per heavy atom. The SMILES string of the molecule is CC(N)=C1C(=O)CC[C@]2(C)C3C(CCC12C#N)C1CC[C@@](C)(CCC(=O)O)C1(C)C[C@H]3O. The van der Waals surface area contributed by atoms with Gasteiger partial charge in [-0.1, -0.05) is 20.8 Å². The van der Waals surface area contributed by atoms with E-state index in [1.807, 2.05) is 0 Å². The van der Waals surface area contributed by atoms with Gasteiger partial charge in [0, 0.05) is 24.1 Å². The normalized spacial score (nSPS) is 49.4. The highest BCUT2D eigenvalue weighted by atomic mass is 16.4. The van der Waals surface area contributed by atoms with Crippen LogP contribution in [-0.4, -0.2) is 28.1 Å². The Bertz CT molecular complexity index is 917. The zero-order valence-electron chi connectivity index (χ0n) is 19.9. The van der Waals surface area contributed by atoms with Crippen LogP contribution >= 0.6 is 0 Å². The number of carbonyl (C=O) groups is 2. The van der Waals surface area contributed by atoms with Gasteiger partial charge < -0.3 is 15.9 Å². The van der Waals surface area contributed by atoms with Crippen molar-refractivity contribution < 1.29 is 19.8 Å².